The lowest BCUT2D eigenvalue weighted by atomic mass is 9.95. The van der Waals surface area contributed by atoms with Crippen molar-refractivity contribution in [3.63, 3.8) is 0 Å². The number of benzene rings is 2. The Bertz CT molecular complexity index is 962. The topological polar surface area (TPSA) is 70.1 Å². The monoisotopic (exact) mass is 422 g/mol. The largest absolute Gasteiger partial charge is 0.507 e. The molecule has 1 amide bonds. The van der Waals surface area contributed by atoms with Gasteiger partial charge in [-0.2, -0.15) is 0 Å². The SMILES string of the molecule is CCOc1ccc(C2/C(=C(/O)c3ccc(CC)cc3)C(=O)C(=O)N2CCN(C)C)cc1. The minimum absolute atomic E-state index is 0.122. The van der Waals surface area contributed by atoms with E-state index < -0.39 is 17.7 Å². The number of likely N-dealkylation sites (N-methyl/N-ethyl adjacent to an activating group) is 1. The molecule has 1 saturated heterocycles. The minimum atomic E-state index is -0.658. The summed E-state index contributed by atoms with van der Waals surface area (Å²) in [5.41, 5.74) is 2.54. The number of likely N-dealkylation sites (tertiary alicyclic amines) is 1. The highest BCUT2D eigenvalue weighted by Crippen LogP contribution is 2.39. The Morgan fingerprint density at radius 3 is 2.23 bits per heavy atom. The van der Waals surface area contributed by atoms with E-state index in [1.807, 2.05) is 62.3 Å². The van der Waals surface area contributed by atoms with E-state index in [9.17, 15) is 14.7 Å². The minimum Gasteiger partial charge on any atom is -0.507 e. The van der Waals surface area contributed by atoms with E-state index >= 15 is 0 Å². The Balaban J connectivity index is 2.09. The molecule has 0 aromatic heterocycles. The number of aryl methyl sites for hydroxylation is 1. The van der Waals surface area contributed by atoms with Gasteiger partial charge < -0.3 is 19.6 Å². The van der Waals surface area contributed by atoms with Crippen molar-refractivity contribution in [3.05, 3.63) is 70.8 Å². The molecule has 1 unspecified atom stereocenters. The fourth-order valence-electron chi connectivity index (χ4n) is 3.73. The van der Waals surface area contributed by atoms with Gasteiger partial charge >= 0.3 is 0 Å². The summed E-state index contributed by atoms with van der Waals surface area (Å²) < 4.78 is 5.52. The second-order valence-electron chi connectivity index (χ2n) is 7.85. The first-order valence-corrected chi connectivity index (χ1v) is 10.6. The molecule has 3 rings (SSSR count). The third-order valence-electron chi connectivity index (χ3n) is 5.47. The normalized spacial score (nSPS) is 18.1. The van der Waals surface area contributed by atoms with Crippen LogP contribution in [0.4, 0.5) is 0 Å². The number of amides is 1. The quantitative estimate of drug-likeness (QED) is 0.400. The van der Waals surface area contributed by atoms with Gasteiger partial charge in [-0.05, 0) is 50.7 Å². The van der Waals surface area contributed by atoms with Crippen LogP contribution >= 0.6 is 0 Å². The molecular formula is C25H30N2O4. The molecular weight excluding hydrogens is 392 g/mol. The number of hydrogen-bond donors (Lipinski definition) is 1. The van der Waals surface area contributed by atoms with Crippen LogP contribution in [0.3, 0.4) is 0 Å². The molecule has 2 aromatic rings. The first kappa shape index (κ1) is 22.6. The highest BCUT2D eigenvalue weighted by Gasteiger charge is 2.45. The maximum atomic E-state index is 13.0. The Morgan fingerprint density at radius 2 is 1.68 bits per heavy atom. The predicted octanol–water partition coefficient (Wildman–Crippen LogP) is 3.63. The van der Waals surface area contributed by atoms with Crippen molar-refractivity contribution >= 4 is 17.4 Å². The lowest BCUT2D eigenvalue weighted by Gasteiger charge is -2.26. The number of nitrogens with zero attached hydrogens (tertiary/aromatic N) is 2. The second-order valence-corrected chi connectivity index (χ2v) is 7.85. The molecule has 1 aliphatic rings. The summed E-state index contributed by atoms with van der Waals surface area (Å²) in [5, 5.41) is 11.1. The smallest absolute Gasteiger partial charge is 0.295 e. The van der Waals surface area contributed by atoms with Crippen LogP contribution in [-0.2, 0) is 16.0 Å². The maximum absolute atomic E-state index is 13.0. The first-order chi connectivity index (χ1) is 14.9. The molecule has 31 heavy (non-hydrogen) atoms. The molecule has 0 saturated carbocycles. The zero-order valence-electron chi connectivity index (χ0n) is 18.6. The summed E-state index contributed by atoms with van der Waals surface area (Å²) in [5.74, 6) is -0.680. The number of aliphatic hydroxyl groups excluding tert-OH is 1. The number of ketones is 1. The number of Topliss-reactive ketones (excluding diaryl/α,β-unsaturated/α-hetero) is 1. The molecule has 164 valence electrons. The Morgan fingerprint density at radius 1 is 1.03 bits per heavy atom. The average Bonchev–Trinajstić information content (AvgIpc) is 3.02. The predicted molar refractivity (Wildman–Crippen MR) is 121 cm³/mol. The Hall–Kier alpha value is -3.12. The van der Waals surface area contributed by atoms with E-state index in [0.717, 1.165) is 17.5 Å². The first-order valence-electron chi connectivity index (χ1n) is 10.6. The fraction of sp³-hybridized carbons (Fsp3) is 0.360. The van der Waals surface area contributed by atoms with Gasteiger partial charge in [0.15, 0.2) is 0 Å². The lowest BCUT2D eigenvalue weighted by Crippen LogP contribution is -2.35. The van der Waals surface area contributed by atoms with Gasteiger partial charge in [0.05, 0.1) is 18.2 Å². The lowest BCUT2D eigenvalue weighted by molar-refractivity contribution is -0.140. The van der Waals surface area contributed by atoms with E-state index in [4.69, 9.17) is 4.74 Å². The van der Waals surface area contributed by atoms with Gasteiger partial charge in [0, 0.05) is 18.7 Å². The molecule has 1 fully saturated rings. The van der Waals surface area contributed by atoms with Gasteiger partial charge in [-0.1, -0.05) is 43.3 Å². The number of carbonyl (C=O) groups excluding carboxylic acids is 2. The van der Waals surface area contributed by atoms with E-state index in [1.165, 1.54) is 0 Å². The maximum Gasteiger partial charge on any atom is 0.295 e. The number of ether oxygens (including phenoxy) is 1. The van der Waals surface area contributed by atoms with Crippen LogP contribution in [0.15, 0.2) is 54.1 Å². The average molecular weight is 423 g/mol. The summed E-state index contributed by atoms with van der Waals surface area (Å²) in [7, 11) is 3.83. The molecule has 1 N–H and O–H groups in total. The summed E-state index contributed by atoms with van der Waals surface area (Å²) in [4.78, 5) is 29.4. The van der Waals surface area contributed by atoms with Crippen LogP contribution in [0.1, 0.15) is 36.6 Å². The molecule has 1 aliphatic heterocycles. The van der Waals surface area contributed by atoms with Crippen molar-refractivity contribution in [1.82, 2.24) is 9.80 Å². The van der Waals surface area contributed by atoms with Crippen molar-refractivity contribution in [1.29, 1.82) is 0 Å². The number of rotatable bonds is 8. The Labute approximate surface area is 183 Å². The molecule has 6 heteroatoms. The third-order valence-corrected chi connectivity index (χ3v) is 5.47. The van der Waals surface area contributed by atoms with Crippen molar-refractivity contribution in [2.45, 2.75) is 26.3 Å². The van der Waals surface area contributed by atoms with E-state index in [-0.39, 0.29) is 11.3 Å². The van der Waals surface area contributed by atoms with E-state index in [0.29, 0.717) is 31.0 Å². The number of carbonyl (C=O) groups is 2. The standard InChI is InChI=1S/C25H30N2O4/c1-5-17-7-9-19(10-8-17)23(28)21-22(18-11-13-20(14-12-18)31-6-2)27(16-15-26(3)4)25(30)24(21)29/h7-14,22,28H,5-6,15-16H2,1-4H3/b23-21-. The molecule has 0 bridgehead atoms. The molecule has 6 nitrogen and oxygen atoms in total. The summed E-state index contributed by atoms with van der Waals surface area (Å²) in [6.07, 6.45) is 0.877. The zero-order chi connectivity index (χ0) is 22.5. The van der Waals surface area contributed by atoms with Gasteiger partial charge in [0.2, 0.25) is 0 Å². The number of aliphatic hydroxyl groups is 1. The summed E-state index contributed by atoms with van der Waals surface area (Å²) in [6, 6.07) is 14.1. The second kappa shape index (κ2) is 9.79. The fourth-order valence-corrected chi connectivity index (χ4v) is 3.73. The molecule has 0 spiro atoms. The van der Waals surface area contributed by atoms with E-state index in [2.05, 4.69) is 6.92 Å². The van der Waals surface area contributed by atoms with Crippen molar-refractivity contribution < 1.29 is 19.4 Å². The van der Waals surface area contributed by atoms with Crippen LogP contribution in [0.5, 0.6) is 5.75 Å². The molecule has 0 aliphatic carbocycles. The molecule has 1 heterocycles. The zero-order valence-corrected chi connectivity index (χ0v) is 18.6. The van der Waals surface area contributed by atoms with Crippen LogP contribution in [0.25, 0.3) is 5.76 Å². The highest BCUT2D eigenvalue weighted by atomic mass is 16.5. The van der Waals surface area contributed by atoms with Crippen LogP contribution in [0, 0.1) is 0 Å². The van der Waals surface area contributed by atoms with Gasteiger partial charge in [-0.25, -0.2) is 0 Å². The van der Waals surface area contributed by atoms with Gasteiger partial charge in [0.25, 0.3) is 11.7 Å². The molecule has 2 aromatic carbocycles. The van der Waals surface area contributed by atoms with Crippen molar-refractivity contribution in [2.24, 2.45) is 0 Å². The highest BCUT2D eigenvalue weighted by molar-refractivity contribution is 6.46. The van der Waals surface area contributed by atoms with Crippen LogP contribution < -0.4 is 4.74 Å². The molecule has 1 atom stereocenters. The Kier molecular flexibility index (Phi) is 7.13. The summed E-state index contributed by atoms with van der Waals surface area (Å²) >= 11 is 0. The van der Waals surface area contributed by atoms with Gasteiger partial charge in [-0.3, -0.25) is 9.59 Å². The molecule has 0 radical (unpaired) electrons. The van der Waals surface area contributed by atoms with Crippen molar-refractivity contribution in [2.75, 3.05) is 33.8 Å². The van der Waals surface area contributed by atoms with Gasteiger partial charge in [-0.15, -0.1) is 0 Å². The summed E-state index contributed by atoms with van der Waals surface area (Å²) in [6.45, 7) is 5.49. The number of hydrogen-bond acceptors (Lipinski definition) is 5. The van der Waals surface area contributed by atoms with Crippen LogP contribution in [0.2, 0.25) is 0 Å². The van der Waals surface area contributed by atoms with Gasteiger partial charge in [0.1, 0.15) is 11.5 Å². The van der Waals surface area contributed by atoms with Crippen LogP contribution in [-0.4, -0.2) is 60.4 Å². The van der Waals surface area contributed by atoms with E-state index in [1.54, 1.807) is 17.0 Å². The van der Waals surface area contributed by atoms with Crippen molar-refractivity contribution in [3.8, 4) is 5.75 Å². The third kappa shape index (κ3) is 4.80.